The molecule has 0 aromatic heterocycles. The second-order valence-electron chi connectivity index (χ2n) is 5.19. The average molecular weight is 269 g/mol. The quantitative estimate of drug-likeness (QED) is 0.774. The molecule has 2 heteroatoms. The van der Waals surface area contributed by atoms with Crippen molar-refractivity contribution in [2.24, 2.45) is 0 Å². The highest BCUT2D eigenvalue weighted by Gasteiger charge is 2.02. The van der Waals surface area contributed by atoms with E-state index in [2.05, 4.69) is 56.4 Å². The molecule has 2 aromatic rings. The van der Waals surface area contributed by atoms with Crippen molar-refractivity contribution in [1.82, 2.24) is 5.32 Å². The van der Waals surface area contributed by atoms with Crippen molar-refractivity contribution >= 4 is 0 Å². The first-order valence-electron chi connectivity index (χ1n) is 7.24. The van der Waals surface area contributed by atoms with Crippen LogP contribution in [0.5, 0.6) is 11.5 Å². The van der Waals surface area contributed by atoms with Crippen LogP contribution in [0.25, 0.3) is 0 Å². The molecule has 0 atom stereocenters. The zero-order chi connectivity index (χ0) is 14.4. The van der Waals surface area contributed by atoms with E-state index >= 15 is 0 Å². The lowest BCUT2D eigenvalue weighted by molar-refractivity contribution is 0.478. The number of benzene rings is 2. The summed E-state index contributed by atoms with van der Waals surface area (Å²) in [7, 11) is 0. The molecule has 2 nitrogen and oxygen atoms in total. The van der Waals surface area contributed by atoms with Crippen molar-refractivity contribution in [3.05, 3.63) is 59.2 Å². The Kier molecular flexibility index (Phi) is 5.19. The fourth-order valence-electron chi connectivity index (χ4n) is 2.03. The summed E-state index contributed by atoms with van der Waals surface area (Å²) >= 11 is 0. The van der Waals surface area contributed by atoms with E-state index < -0.39 is 0 Å². The fraction of sp³-hybridized carbons (Fsp3) is 0.333. The average Bonchev–Trinajstić information content (AvgIpc) is 2.45. The molecule has 0 saturated heterocycles. The van der Waals surface area contributed by atoms with E-state index in [0.717, 1.165) is 36.6 Å². The Morgan fingerprint density at radius 1 is 1.00 bits per heavy atom. The first kappa shape index (κ1) is 14.6. The van der Waals surface area contributed by atoms with E-state index in [1.165, 1.54) is 11.1 Å². The Bertz CT molecular complexity index is 546. The van der Waals surface area contributed by atoms with E-state index in [9.17, 15) is 0 Å². The van der Waals surface area contributed by atoms with Crippen LogP contribution in [0.4, 0.5) is 0 Å². The van der Waals surface area contributed by atoms with E-state index in [0.29, 0.717) is 0 Å². The molecule has 0 heterocycles. The van der Waals surface area contributed by atoms with Gasteiger partial charge in [-0.15, -0.1) is 0 Å². The zero-order valence-corrected chi connectivity index (χ0v) is 12.6. The molecule has 0 aliphatic carbocycles. The molecule has 20 heavy (non-hydrogen) atoms. The van der Waals surface area contributed by atoms with Crippen molar-refractivity contribution in [3.63, 3.8) is 0 Å². The van der Waals surface area contributed by atoms with Gasteiger partial charge in [-0.1, -0.05) is 31.2 Å². The predicted molar refractivity (Wildman–Crippen MR) is 84.4 cm³/mol. The third kappa shape index (κ3) is 4.10. The van der Waals surface area contributed by atoms with E-state index in [-0.39, 0.29) is 0 Å². The highest BCUT2D eigenvalue weighted by atomic mass is 16.5. The van der Waals surface area contributed by atoms with Crippen molar-refractivity contribution in [2.45, 2.75) is 33.7 Å². The van der Waals surface area contributed by atoms with Gasteiger partial charge in [0.2, 0.25) is 0 Å². The standard InChI is InChI=1S/C18H23NO/c1-4-11-19-13-16-7-9-17(10-8-16)20-18-12-14(2)5-6-15(18)3/h5-10,12,19H,4,11,13H2,1-3H3. The lowest BCUT2D eigenvalue weighted by Gasteiger charge is -2.10. The van der Waals surface area contributed by atoms with Gasteiger partial charge in [-0.3, -0.25) is 0 Å². The summed E-state index contributed by atoms with van der Waals surface area (Å²) in [5, 5.41) is 3.40. The van der Waals surface area contributed by atoms with Crippen LogP contribution in [0.2, 0.25) is 0 Å². The first-order valence-corrected chi connectivity index (χ1v) is 7.24. The third-order valence-electron chi connectivity index (χ3n) is 3.25. The lowest BCUT2D eigenvalue weighted by atomic mass is 10.1. The molecule has 0 spiro atoms. The van der Waals surface area contributed by atoms with Crippen LogP contribution in [-0.2, 0) is 6.54 Å². The van der Waals surface area contributed by atoms with Crippen LogP contribution >= 0.6 is 0 Å². The minimum Gasteiger partial charge on any atom is -0.457 e. The van der Waals surface area contributed by atoms with Crippen molar-refractivity contribution in [3.8, 4) is 11.5 Å². The summed E-state index contributed by atoms with van der Waals surface area (Å²) in [6.45, 7) is 8.29. The number of ether oxygens (including phenoxy) is 1. The van der Waals surface area contributed by atoms with Crippen LogP contribution < -0.4 is 10.1 Å². The minimum absolute atomic E-state index is 0.887. The third-order valence-corrected chi connectivity index (χ3v) is 3.25. The fourth-order valence-corrected chi connectivity index (χ4v) is 2.03. The van der Waals surface area contributed by atoms with Crippen LogP contribution in [0, 0.1) is 13.8 Å². The Balaban J connectivity index is 2.01. The van der Waals surface area contributed by atoms with Crippen molar-refractivity contribution < 1.29 is 4.74 Å². The molecule has 0 unspecified atom stereocenters. The minimum atomic E-state index is 0.887. The molecule has 0 radical (unpaired) electrons. The Hall–Kier alpha value is -1.80. The monoisotopic (exact) mass is 269 g/mol. The van der Waals surface area contributed by atoms with Gasteiger partial charge in [0.15, 0.2) is 0 Å². The summed E-state index contributed by atoms with van der Waals surface area (Å²) in [6, 6.07) is 14.6. The molecular weight excluding hydrogens is 246 g/mol. The smallest absolute Gasteiger partial charge is 0.130 e. The normalized spacial score (nSPS) is 10.6. The van der Waals surface area contributed by atoms with Crippen molar-refractivity contribution in [1.29, 1.82) is 0 Å². The SMILES string of the molecule is CCCNCc1ccc(Oc2cc(C)ccc2C)cc1. The maximum atomic E-state index is 5.95. The molecule has 2 aromatic carbocycles. The number of rotatable bonds is 6. The number of nitrogens with one attached hydrogen (secondary N) is 1. The highest BCUT2D eigenvalue weighted by Crippen LogP contribution is 2.26. The van der Waals surface area contributed by atoms with Crippen LogP contribution in [0.15, 0.2) is 42.5 Å². The van der Waals surface area contributed by atoms with Gasteiger partial charge in [-0.2, -0.15) is 0 Å². The lowest BCUT2D eigenvalue weighted by Crippen LogP contribution is -2.13. The largest absolute Gasteiger partial charge is 0.457 e. The van der Waals surface area contributed by atoms with Gasteiger partial charge >= 0.3 is 0 Å². The molecular formula is C18H23NO. The summed E-state index contributed by atoms with van der Waals surface area (Å²) in [4.78, 5) is 0. The van der Waals surface area contributed by atoms with Gasteiger partial charge < -0.3 is 10.1 Å². The van der Waals surface area contributed by atoms with Gasteiger partial charge in [-0.05, 0) is 61.7 Å². The predicted octanol–water partition coefficient (Wildman–Crippen LogP) is 4.60. The van der Waals surface area contributed by atoms with Gasteiger partial charge in [0.05, 0.1) is 0 Å². The number of hydrogen-bond donors (Lipinski definition) is 1. The van der Waals surface area contributed by atoms with Gasteiger partial charge in [0.1, 0.15) is 11.5 Å². The summed E-state index contributed by atoms with van der Waals surface area (Å²) in [5.41, 5.74) is 3.65. The molecule has 0 aliphatic heterocycles. The van der Waals surface area contributed by atoms with Crippen LogP contribution in [0.1, 0.15) is 30.0 Å². The maximum Gasteiger partial charge on any atom is 0.130 e. The topological polar surface area (TPSA) is 21.3 Å². The molecule has 0 amide bonds. The van der Waals surface area contributed by atoms with Gasteiger partial charge in [0, 0.05) is 6.54 Å². The van der Waals surface area contributed by atoms with E-state index in [1.54, 1.807) is 0 Å². The first-order chi connectivity index (χ1) is 9.69. The Morgan fingerprint density at radius 3 is 2.45 bits per heavy atom. The van der Waals surface area contributed by atoms with Gasteiger partial charge in [0.25, 0.3) is 0 Å². The summed E-state index contributed by atoms with van der Waals surface area (Å²) in [6.07, 6.45) is 1.16. The van der Waals surface area contributed by atoms with Crippen LogP contribution in [-0.4, -0.2) is 6.54 Å². The van der Waals surface area contributed by atoms with E-state index in [4.69, 9.17) is 4.74 Å². The molecule has 2 rings (SSSR count). The molecule has 106 valence electrons. The van der Waals surface area contributed by atoms with Crippen molar-refractivity contribution in [2.75, 3.05) is 6.54 Å². The highest BCUT2D eigenvalue weighted by molar-refractivity contribution is 5.40. The van der Waals surface area contributed by atoms with Crippen LogP contribution in [0.3, 0.4) is 0 Å². The van der Waals surface area contributed by atoms with Gasteiger partial charge in [-0.25, -0.2) is 0 Å². The molecule has 1 N–H and O–H groups in total. The zero-order valence-electron chi connectivity index (χ0n) is 12.6. The summed E-state index contributed by atoms with van der Waals surface area (Å²) < 4.78 is 5.95. The second kappa shape index (κ2) is 7.11. The Morgan fingerprint density at radius 2 is 1.75 bits per heavy atom. The molecule has 0 saturated carbocycles. The second-order valence-corrected chi connectivity index (χ2v) is 5.19. The summed E-state index contributed by atoms with van der Waals surface area (Å²) in [5.74, 6) is 1.82. The molecule has 0 aliphatic rings. The molecule has 0 fully saturated rings. The number of hydrogen-bond acceptors (Lipinski definition) is 2. The van der Waals surface area contributed by atoms with E-state index in [1.807, 2.05) is 12.1 Å². The molecule has 0 bridgehead atoms. The number of aryl methyl sites for hydroxylation is 2. The Labute approximate surface area is 121 Å². The maximum absolute atomic E-state index is 5.95.